The predicted molar refractivity (Wildman–Crippen MR) is 88.6 cm³/mol. The number of fused-ring (bicyclic) bond motifs is 1. The van der Waals surface area contributed by atoms with Gasteiger partial charge in [-0.3, -0.25) is 9.59 Å². The van der Waals surface area contributed by atoms with Gasteiger partial charge in [-0.25, -0.2) is 0 Å². The van der Waals surface area contributed by atoms with Crippen LogP contribution < -0.4 is 5.32 Å². The first-order chi connectivity index (χ1) is 10.9. The van der Waals surface area contributed by atoms with E-state index in [4.69, 9.17) is 4.74 Å². The zero-order chi connectivity index (χ0) is 16.6. The zero-order valence-corrected chi connectivity index (χ0v) is 13.9. The van der Waals surface area contributed by atoms with Crippen LogP contribution in [0.15, 0.2) is 35.6 Å². The first-order valence-corrected chi connectivity index (χ1v) is 8.29. The molecule has 1 heterocycles. The molecule has 0 amide bonds. The molecule has 2 aliphatic rings. The number of unbranched alkanes of at least 4 members (excludes halogenated alkanes) is 1. The van der Waals surface area contributed by atoms with E-state index in [9.17, 15) is 9.59 Å². The number of benzene rings is 1. The summed E-state index contributed by atoms with van der Waals surface area (Å²) in [6, 6.07) is 6.86. The molecule has 4 nitrogen and oxygen atoms in total. The van der Waals surface area contributed by atoms with Crippen molar-refractivity contribution < 1.29 is 14.3 Å². The van der Waals surface area contributed by atoms with E-state index in [-0.39, 0.29) is 23.4 Å². The molecule has 0 spiro atoms. The molecule has 0 saturated carbocycles. The van der Waals surface area contributed by atoms with Crippen LogP contribution in [0.1, 0.15) is 60.7 Å². The van der Waals surface area contributed by atoms with E-state index in [1.54, 1.807) is 24.3 Å². The second-order valence-corrected chi connectivity index (χ2v) is 6.87. The summed E-state index contributed by atoms with van der Waals surface area (Å²) in [5.41, 5.74) is 0.970. The minimum absolute atomic E-state index is 0.0836. The van der Waals surface area contributed by atoms with Gasteiger partial charge in [0, 0.05) is 23.6 Å². The summed E-state index contributed by atoms with van der Waals surface area (Å²) in [5, 5.41) is 3.45. The molecular formula is C19H23NO3. The molecule has 0 aromatic heterocycles. The molecule has 1 atom stereocenters. The summed E-state index contributed by atoms with van der Waals surface area (Å²) in [7, 11) is 0. The number of Topliss-reactive ketones (excluding diaryl/α,β-unsaturated/α-hetero) is 2. The largest absolute Gasteiger partial charge is 0.483 e. The molecule has 1 aliphatic carbocycles. The maximum absolute atomic E-state index is 12.9. The fraction of sp³-hybridized carbons (Fsp3) is 0.474. The minimum Gasteiger partial charge on any atom is -0.483 e. The van der Waals surface area contributed by atoms with E-state index in [1.807, 2.05) is 13.8 Å². The second kappa shape index (κ2) is 5.93. The molecule has 0 fully saturated rings. The summed E-state index contributed by atoms with van der Waals surface area (Å²) >= 11 is 0. The van der Waals surface area contributed by atoms with Gasteiger partial charge < -0.3 is 10.1 Å². The highest BCUT2D eigenvalue weighted by molar-refractivity contribution is 6.26. The van der Waals surface area contributed by atoms with Gasteiger partial charge in [0.1, 0.15) is 5.60 Å². The van der Waals surface area contributed by atoms with Crippen molar-refractivity contribution in [2.75, 3.05) is 6.54 Å². The van der Waals surface area contributed by atoms with Crippen LogP contribution in [0.5, 0.6) is 0 Å². The number of rotatable bonds is 4. The highest BCUT2D eigenvalue weighted by Crippen LogP contribution is 2.38. The fourth-order valence-electron chi connectivity index (χ4n) is 3.33. The van der Waals surface area contributed by atoms with Crippen molar-refractivity contribution in [1.29, 1.82) is 0 Å². The Bertz CT molecular complexity index is 688. The number of allylic oxidation sites excluding steroid dienone is 1. The topological polar surface area (TPSA) is 55.4 Å². The van der Waals surface area contributed by atoms with Gasteiger partial charge in [0.25, 0.3) is 0 Å². The molecule has 0 bridgehead atoms. The fourth-order valence-corrected chi connectivity index (χ4v) is 3.33. The Balaban J connectivity index is 2.03. The van der Waals surface area contributed by atoms with Crippen LogP contribution in [0, 0.1) is 0 Å². The Morgan fingerprint density at radius 3 is 2.48 bits per heavy atom. The zero-order valence-electron chi connectivity index (χ0n) is 13.9. The molecule has 1 aliphatic heterocycles. The maximum Gasteiger partial charge on any atom is 0.228 e. The van der Waals surface area contributed by atoms with Crippen LogP contribution in [0.25, 0.3) is 0 Å². The molecule has 23 heavy (non-hydrogen) atoms. The third-order valence-corrected chi connectivity index (χ3v) is 4.46. The van der Waals surface area contributed by atoms with Gasteiger partial charge in [-0.05, 0) is 26.8 Å². The van der Waals surface area contributed by atoms with Crippen LogP contribution in [-0.4, -0.2) is 29.8 Å². The number of hydrogen-bond acceptors (Lipinski definition) is 4. The quantitative estimate of drug-likeness (QED) is 0.867. The van der Waals surface area contributed by atoms with E-state index < -0.39 is 5.60 Å². The Hall–Kier alpha value is -1.94. The third kappa shape index (κ3) is 2.83. The van der Waals surface area contributed by atoms with Gasteiger partial charge in [0.2, 0.25) is 5.78 Å². The monoisotopic (exact) mass is 313 g/mol. The van der Waals surface area contributed by atoms with E-state index in [0.717, 1.165) is 19.4 Å². The molecular weight excluding hydrogens is 290 g/mol. The second-order valence-electron chi connectivity index (χ2n) is 6.87. The van der Waals surface area contributed by atoms with Crippen LogP contribution in [0.2, 0.25) is 0 Å². The number of carbonyl (C=O) groups is 2. The molecule has 1 aromatic carbocycles. The minimum atomic E-state index is -0.467. The van der Waals surface area contributed by atoms with Crippen LogP contribution >= 0.6 is 0 Å². The van der Waals surface area contributed by atoms with Crippen molar-refractivity contribution in [3.05, 3.63) is 46.7 Å². The Labute approximate surface area is 136 Å². The molecule has 1 aromatic rings. The van der Waals surface area contributed by atoms with Crippen molar-refractivity contribution >= 4 is 11.6 Å². The summed E-state index contributed by atoms with van der Waals surface area (Å²) in [5.74, 6) is -0.0242. The molecule has 3 rings (SSSR count). The summed E-state index contributed by atoms with van der Waals surface area (Å²) in [6.07, 6.45) is 2.80. The average molecular weight is 313 g/mol. The maximum atomic E-state index is 12.9. The lowest BCUT2D eigenvalue weighted by atomic mass is 9.79. The van der Waals surface area contributed by atoms with Crippen molar-refractivity contribution in [1.82, 2.24) is 5.32 Å². The van der Waals surface area contributed by atoms with Crippen molar-refractivity contribution in [3.8, 4) is 0 Å². The Kier molecular flexibility index (Phi) is 4.11. The molecule has 1 unspecified atom stereocenters. The van der Waals surface area contributed by atoms with E-state index >= 15 is 0 Å². The predicted octanol–water partition coefficient (Wildman–Crippen LogP) is 3.28. The van der Waals surface area contributed by atoms with E-state index in [1.165, 1.54) is 0 Å². The van der Waals surface area contributed by atoms with Gasteiger partial charge in [-0.15, -0.1) is 0 Å². The third-order valence-electron chi connectivity index (χ3n) is 4.46. The Morgan fingerprint density at radius 2 is 1.83 bits per heavy atom. The van der Waals surface area contributed by atoms with E-state index in [0.29, 0.717) is 23.1 Å². The standard InChI is InChI=1S/C19H23NO3/c1-4-5-10-20-14-11-19(2,3)23-18-15(14)16(21)12-8-6-7-9-13(12)17(18)22/h6-9,14,20H,4-5,10-11H2,1-3H3. The van der Waals surface area contributed by atoms with Gasteiger partial charge in [0.15, 0.2) is 11.5 Å². The summed E-state index contributed by atoms with van der Waals surface area (Å²) in [6.45, 7) is 6.88. The van der Waals surface area contributed by atoms with Crippen LogP contribution in [0.3, 0.4) is 0 Å². The van der Waals surface area contributed by atoms with E-state index in [2.05, 4.69) is 12.2 Å². The van der Waals surface area contributed by atoms with Crippen LogP contribution in [0.4, 0.5) is 0 Å². The first-order valence-electron chi connectivity index (χ1n) is 8.29. The number of nitrogens with one attached hydrogen (secondary N) is 1. The molecule has 0 radical (unpaired) electrons. The van der Waals surface area contributed by atoms with Crippen LogP contribution in [-0.2, 0) is 4.74 Å². The van der Waals surface area contributed by atoms with Crippen molar-refractivity contribution in [2.45, 2.75) is 51.7 Å². The number of ether oxygens (including phenoxy) is 1. The van der Waals surface area contributed by atoms with Gasteiger partial charge in [-0.2, -0.15) is 0 Å². The average Bonchev–Trinajstić information content (AvgIpc) is 2.51. The number of ketones is 2. The van der Waals surface area contributed by atoms with Crippen molar-refractivity contribution in [2.24, 2.45) is 0 Å². The highest BCUT2D eigenvalue weighted by Gasteiger charge is 2.44. The molecule has 4 heteroatoms. The number of hydrogen-bond donors (Lipinski definition) is 1. The molecule has 122 valence electrons. The van der Waals surface area contributed by atoms with Gasteiger partial charge in [-0.1, -0.05) is 37.6 Å². The normalized spacial score (nSPS) is 22.5. The lowest BCUT2D eigenvalue weighted by Crippen LogP contribution is -2.48. The summed E-state index contributed by atoms with van der Waals surface area (Å²) in [4.78, 5) is 25.7. The smallest absolute Gasteiger partial charge is 0.228 e. The lowest BCUT2D eigenvalue weighted by Gasteiger charge is -2.40. The SMILES string of the molecule is CCCCNC1CC(C)(C)OC2=C1C(=O)c1ccccc1C2=O. The molecule has 0 saturated heterocycles. The lowest BCUT2D eigenvalue weighted by molar-refractivity contribution is 0.00232. The van der Waals surface area contributed by atoms with Crippen molar-refractivity contribution in [3.63, 3.8) is 0 Å². The van der Waals surface area contributed by atoms with Gasteiger partial charge >= 0.3 is 0 Å². The number of carbonyl (C=O) groups excluding carboxylic acids is 2. The summed E-state index contributed by atoms with van der Waals surface area (Å²) < 4.78 is 5.92. The van der Waals surface area contributed by atoms with Gasteiger partial charge in [0.05, 0.1) is 5.57 Å². The molecule has 1 N–H and O–H groups in total. The first kappa shape index (κ1) is 15.9. The Morgan fingerprint density at radius 1 is 1.17 bits per heavy atom. The highest BCUT2D eigenvalue weighted by atomic mass is 16.5.